The van der Waals surface area contributed by atoms with Crippen LogP contribution in [0.15, 0.2) is 59.9 Å². The van der Waals surface area contributed by atoms with Crippen LogP contribution in [0.25, 0.3) is 0 Å². The molecule has 28 heavy (non-hydrogen) atoms. The van der Waals surface area contributed by atoms with Crippen LogP contribution < -0.4 is 15.4 Å². The van der Waals surface area contributed by atoms with Gasteiger partial charge in [-0.3, -0.25) is 4.99 Å². The van der Waals surface area contributed by atoms with Gasteiger partial charge in [0.05, 0.1) is 31.1 Å². The predicted molar refractivity (Wildman–Crippen MR) is 107 cm³/mol. The number of ether oxygens (including phenoxy) is 1. The maximum atomic E-state index is 12.4. The molecule has 5 rings (SSSR count). The minimum atomic E-state index is -0.311. The van der Waals surface area contributed by atoms with Crippen LogP contribution in [-0.2, 0) is 13.0 Å². The highest BCUT2D eigenvalue weighted by Crippen LogP contribution is 2.35. The van der Waals surface area contributed by atoms with E-state index in [4.69, 9.17) is 9.73 Å². The first-order chi connectivity index (χ1) is 13.7. The van der Waals surface area contributed by atoms with E-state index in [-0.39, 0.29) is 12.1 Å². The third-order valence-electron chi connectivity index (χ3n) is 5.20. The molecule has 2 N–H and O–H groups in total. The summed E-state index contributed by atoms with van der Waals surface area (Å²) in [5, 5.41) is 5.73. The van der Waals surface area contributed by atoms with Gasteiger partial charge in [0.2, 0.25) is 0 Å². The van der Waals surface area contributed by atoms with Gasteiger partial charge in [0, 0.05) is 23.6 Å². The van der Waals surface area contributed by atoms with Crippen LogP contribution >= 0.6 is 0 Å². The smallest absolute Gasteiger partial charge is 0.323 e. The van der Waals surface area contributed by atoms with Gasteiger partial charge >= 0.3 is 6.03 Å². The van der Waals surface area contributed by atoms with Gasteiger partial charge in [-0.15, -0.1) is 0 Å². The van der Waals surface area contributed by atoms with Gasteiger partial charge in [-0.2, -0.15) is 0 Å². The lowest BCUT2D eigenvalue weighted by Crippen LogP contribution is -2.22. The SMILES string of the molecule is COc1ccccc1NC(=O)Nc1ccc2c(c1)CC1C2=NCc2nccn21. The average molecular weight is 373 g/mol. The number of anilines is 2. The van der Waals surface area contributed by atoms with Crippen molar-refractivity contribution in [1.82, 2.24) is 9.55 Å². The van der Waals surface area contributed by atoms with E-state index < -0.39 is 0 Å². The second-order valence-corrected chi connectivity index (χ2v) is 6.82. The number of methoxy groups -OCH3 is 1. The van der Waals surface area contributed by atoms with E-state index in [1.807, 2.05) is 42.7 Å². The van der Waals surface area contributed by atoms with Crippen LogP contribution in [0, 0.1) is 0 Å². The van der Waals surface area contributed by atoms with Gasteiger partial charge in [0.1, 0.15) is 11.6 Å². The summed E-state index contributed by atoms with van der Waals surface area (Å²) in [6.07, 6.45) is 4.69. The monoisotopic (exact) mass is 373 g/mol. The largest absolute Gasteiger partial charge is 0.495 e. The molecule has 7 nitrogen and oxygen atoms in total. The van der Waals surface area contributed by atoms with Gasteiger partial charge in [-0.05, 0) is 36.2 Å². The number of aromatic nitrogens is 2. The molecule has 0 radical (unpaired) electrons. The van der Waals surface area contributed by atoms with E-state index in [2.05, 4.69) is 20.2 Å². The zero-order valence-corrected chi connectivity index (χ0v) is 15.3. The Bertz CT molecular complexity index is 1100. The lowest BCUT2D eigenvalue weighted by molar-refractivity contribution is 0.262. The highest BCUT2D eigenvalue weighted by atomic mass is 16.5. The van der Waals surface area contributed by atoms with Gasteiger partial charge in [0.25, 0.3) is 0 Å². The molecule has 0 saturated heterocycles. The summed E-state index contributed by atoms with van der Waals surface area (Å²) in [5.74, 6) is 1.61. The van der Waals surface area contributed by atoms with Crippen LogP contribution in [0.1, 0.15) is 23.0 Å². The van der Waals surface area contributed by atoms with E-state index >= 15 is 0 Å². The van der Waals surface area contributed by atoms with Crippen LogP contribution in [0.4, 0.5) is 16.2 Å². The van der Waals surface area contributed by atoms with Crippen LogP contribution in [0.2, 0.25) is 0 Å². The van der Waals surface area contributed by atoms with Crippen molar-refractivity contribution in [3.05, 3.63) is 71.8 Å². The number of carbonyl (C=O) groups excluding carboxylic acids is 1. The summed E-state index contributed by atoms with van der Waals surface area (Å²) in [7, 11) is 1.58. The van der Waals surface area contributed by atoms with Crippen molar-refractivity contribution in [2.24, 2.45) is 4.99 Å². The lowest BCUT2D eigenvalue weighted by atomic mass is 10.1. The minimum Gasteiger partial charge on any atom is -0.495 e. The van der Waals surface area contributed by atoms with E-state index in [0.717, 1.165) is 29.2 Å². The van der Waals surface area contributed by atoms with Crippen molar-refractivity contribution in [3.8, 4) is 5.75 Å². The summed E-state index contributed by atoms with van der Waals surface area (Å²) in [6.45, 7) is 0.611. The summed E-state index contributed by atoms with van der Waals surface area (Å²) >= 11 is 0. The lowest BCUT2D eigenvalue weighted by Gasteiger charge is -2.20. The number of benzene rings is 2. The molecule has 1 unspecified atom stereocenters. The normalized spacial score (nSPS) is 16.5. The molecule has 7 heteroatoms. The first-order valence-corrected chi connectivity index (χ1v) is 9.13. The van der Waals surface area contributed by atoms with E-state index in [9.17, 15) is 4.79 Å². The van der Waals surface area contributed by atoms with Crippen LogP contribution in [-0.4, -0.2) is 28.4 Å². The van der Waals surface area contributed by atoms with E-state index in [0.29, 0.717) is 18.0 Å². The number of urea groups is 1. The fourth-order valence-electron chi connectivity index (χ4n) is 3.93. The molecule has 1 aliphatic heterocycles. The van der Waals surface area contributed by atoms with Gasteiger partial charge in [0.15, 0.2) is 0 Å². The summed E-state index contributed by atoms with van der Waals surface area (Å²) in [5.41, 5.74) is 4.80. The number of imidazole rings is 1. The number of rotatable bonds is 3. The maximum absolute atomic E-state index is 12.4. The second kappa shape index (κ2) is 6.53. The second-order valence-electron chi connectivity index (χ2n) is 6.82. The fraction of sp³-hybridized carbons (Fsp3) is 0.190. The quantitative estimate of drug-likeness (QED) is 0.736. The van der Waals surface area contributed by atoms with Gasteiger partial charge in [-0.25, -0.2) is 9.78 Å². The molecule has 0 bridgehead atoms. The van der Waals surface area contributed by atoms with Crippen molar-refractivity contribution >= 4 is 23.1 Å². The molecule has 1 aromatic heterocycles. The summed E-state index contributed by atoms with van der Waals surface area (Å²) in [4.78, 5) is 21.5. The Labute approximate surface area is 162 Å². The van der Waals surface area contributed by atoms with Gasteiger partial charge in [-0.1, -0.05) is 18.2 Å². The molecular weight excluding hydrogens is 354 g/mol. The molecule has 1 aliphatic carbocycles. The molecule has 0 spiro atoms. The number of para-hydroxylation sites is 2. The standard InChI is InChI=1S/C21H19N5O2/c1-28-18-5-3-2-4-16(18)25-21(27)24-14-6-7-15-13(10-14)11-17-20(15)23-12-19-22-8-9-26(17)19/h2-10,17H,11-12H2,1H3,(H2,24,25,27). The topological polar surface area (TPSA) is 80.5 Å². The third-order valence-corrected chi connectivity index (χ3v) is 5.20. The Hall–Kier alpha value is -3.61. The Morgan fingerprint density at radius 3 is 3.00 bits per heavy atom. The van der Waals surface area contributed by atoms with Crippen molar-refractivity contribution in [2.75, 3.05) is 17.7 Å². The number of hydrogen-bond donors (Lipinski definition) is 2. The molecule has 3 aromatic rings. The summed E-state index contributed by atoms with van der Waals surface area (Å²) in [6, 6.07) is 13.2. The van der Waals surface area contributed by atoms with Crippen LogP contribution in [0.3, 0.4) is 0 Å². The first kappa shape index (κ1) is 16.6. The molecule has 2 amide bonds. The van der Waals surface area contributed by atoms with Crippen LogP contribution in [0.5, 0.6) is 5.75 Å². The molecule has 140 valence electrons. The molecule has 2 heterocycles. The Balaban J connectivity index is 1.34. The molecule has 1 atom stereocenters. The molecule has 0 saturated carbocycles. The minimum absolute atomic E-state index is 0.193. The number of hydrogen-bond acceptors (Lipinski definition) is 4. The zero-order valence-electron chi connectivity index (χ0n) is 15.3. The van der Waals surface area contributed by atoms with E-state index in [1.54, 1.807) is 19.2 Å². The maximum Gasteiger partial charge on any atom is 0.323 e. The number of amides is 2. The molecule has 2 aliphatic rings. The number of nitrogens with zero attached hydrogens (tertiary/aromatic N) is 3. The summed E-state index contributed by atoms with van der Waals surface area (Å²) < 4.78 is 7.47. The Kier molecular flexibility index (Phi) is 3.86. The highest BCUT2D eigenvalue weighted by molar-refractivity contribution is 6.08. The molecule has 0 fully saturated rings. The molecule has 2 aromatic carbocycles. The Morgan fingerprint density at radius 1 is 1.21 bits per heavy atom. The van der Waals surface area contributed by atoms with Crippen molar-refractivity contribution in [3.63, 3.8) is 0 Å². The first-order valence-electron chi connectivity index (χ1n) is 9.13. The van der Waals surface area contributed by atoms with Crippen molar-refractivity contribution in [2.45, 2.75) is 19.0 Å². The Morgan fingerprint density at radius 2 is 2.11 bits per heavy atom. The highest BCUT2D eigenvalue weighted by Gasteiger charge is 2.33. The van der Waals surface area contributed by atoms with E-state index in [1.165, 1.54) is 5.56 Å². The number of aliphatic imine (C=N–C) groups is 1. The number of fused-ring (bicyclic) bond motifs is 5. The zero-order chi connectivity index (χ0) is 19.1. The predicted octanol–water partition coefficient (Wildman–Crippen LogP) is 3.64. The fourth-order valence-corrected chi connectivity index (χ4v) is 3.93. The van der Waals surface area contributed by atoms with Crippen molar-refractivity contribution in [1.29, 1.82) is 0 Å². The molecular formula is C21H19N5O2. The number of nitrogens with one attached hydrogen (secondary N) is 2. The van der Waals surface area contributed by atoms with Crippen molar-refractivity contribution < 1.29 is 9.53 Å². The number of carbonyl (C=O) groups is 1. The van der Waals surface area contributed by atoms with Gasteiger partial charge < -0.3 is 19.9 Å². The average Bonchev–Trinajstić information content (AvgIpc) is 3.32. The third kappa shape index (κ3) is 2.72.